The number of rotatable bonds is 1. The molecule has 2 heterocycles. The summed E-state index contributed by atoms with van der Waals surface area (Å²) >= 11 is 6.65. The lowest BCUT2D eigenvalue weighted by Crippen LogP contribution is -1.90. The SMILES string of the molecule is Cn1c(-c2ccsc2)n[nH]c1=S. The van der Waals surface area contributed by atoms with E-state index in [1.165, 1.54) is 0 Å². The zero-order chi connectivity index (χ0) is 8.55. The van der Waals surface area contributed by atoms with E-state index in [1.807, 2.05) is 28.4 Å². The first kappa shape index (κ1) is 7.70. The summed E-state index contributed by atoms with van der Waals surface area (Å²) in [7, 11) is 1.90. The van der Waals surface area contributed by atoms with Gasteiger partial charge in [0.15, 0.2) is 10.6 Å². The number of nitrogens with zero attached hydrogens (tertiary/aromatic N) is 2. The van der Waals surface area contributed by atoms with Gasteiger partial charge in [-0.25, -0.2) is 0 Å². The monoisotopic (exact) mass is 197 g/mol. The molecule has 0 radical (unpaired) electrons. The van der Waals surface area contributed by atoms with Crippen molar-refractivity contribution >= 4 is 23.6 Å². The van der Waals surface area contributed by atoms with Crippen molar-refractivity contribution in [2.24, 2.45) is 7.05 Å². The Kier molecular flexibility index (Phi) is 1.82. The van der Waals surface area contributed by atoms with Crippen molar-refractivity contribution in [3.8, 4) is 11.4 Å². The number of aromatic amines is 1. The topological polar surface area (TPSA) is 33.6 Å². The quantitative estimate of drug-likeness (QED) is 0.711. The normalized spacial score (nSPS) is 10.4. The Hall–Kier alpha value is -0.940. The van der Waals surface area contributed by atoms with Gasteiger partial charge in [-0.3, -0.25) is 5.10 Å². The summed E-state index contributed by atoms with van der Waals surface area (Å²) in [6.45, 7) is 0. The lowest BCUT2D eigenvalue weighted by atomic mass is 10.3. The Labute approximate surface area is 78.7 Å². The molecule has 62 valence electrons. The lowest BCUT2D eigenvalue weighted by molar-refractivity contribution is 0.902. The lowest BCUT2D eigenvalue weighted by Gasteiger charge is -1.94. The molecule has 0 saturated carbocycles. The fraction of sp³-hybridized carbons (Fsp3) is 0.143. The fourth-order valence-corrected chi connectivity index (χ4v) is 1.76. The molecular formula is C7H7N3S2. The van der Waals surface area contributed by atoms with Gasteiger partial charge in [-0.05, 0) is 23.7 Å². The third-order valence-corrected chi connectivity index (χ3v) is 2.71. The second-order valence-electron chi connectivity index (χ2n) is 2.42. The molecular weight excluding hydrogens is 190 g/mol. The largest absolute Gasteiger partial charge is 0.303 e. The Morgan fingerprint density at radius 1 is 1.67 bits per heavy atom. The average Bonchev–Trinajstić information content (AvgIpc) is 2.64. The summed E-state index contributed by atoms with van der Waals surface area (Å²) in [5.74, 6) is 0.890. The maximum absolute atomic E-state index is 5.00. The van der Waals surface area contributed by atoms with E-state index in [9.17, 15) is 0 Å². The van der Waals surface area contributed by atoms with E-state index in [4.69, 9.17) is 12.2 Å². The summed E-state index contributed by atoms with van der Waals surface area (Å²) in [5.41, 5.74) is 1.11. The van der Waals surface area contributed by atoms with Crippen LogP contribution < -0.4 is 0 Å². The van der Waals surface area contributed by atoms with Crippen molar-refractivity contribution in [3.05, 3.63) is 21.6 Å². The molecule has 0 aliphatic carbocycles. The molecule has 5 heteroatoms. The zero-order valence-electron chi connectivity index (χ0n) is 6.44. The van der Waals surface area contributed by atoms with Gasteiger partial charge < -0.3 is 4.57 Å². The average molecular weight is 197 g/mol. The third kappa shape index (κ3) is 1.11. The van der Waals surface area contributed by atoms with Crippen molar-refractivity contribution in [3.63, 3.8) is 0 Å². The van der Waals surface area contributed by atoms with E-state index in [0.29, 0.717) is 4.77 Å². The molecule has 3 nitrogen and oxygen atoms in total. The molecule has 0 fully saturated rings. The predicted octanol–water partition coefficient (Wildman–Crippen LogP) is 2.21. The molecule has 0 amide bonds. The number of hydrogen-bond donors (Lipinski definition) is 1. The van der Waals surface area contributed by atoms with E-state index >= 15 is 0 Å². The van der Waals surface area contributed by atoms with Crippen LogP contribution >= 0.6 is 23.6 Å². The van der Waals surface area contributed by atoms with Crippen LogP contribution in [0.25, 0.3) is 11.4 Å². The van der Waals surface area contributed by atoms with Gasteiger partial charge in [0, 0.05) is 18.0 Å². The van der Waals surface area contributed by atoms with E-state index in [2.05, 4.69) is 10.2 Å². The zero-order valence-corrected chi connectivity index (χ0v) is 8.08. The molecule has 0 unspecified atom stereocenters. The van der Waals surface area contributed by atoms with Gasteiger partial charge in [0.05, 0.1) is 0 Å². The molecule has 1 N–H and O–H groups in total. The minimum atomic E-state index is 0.649. The highest BCUT2D eigenvalue weighted by atomic mass is 32.1. The van der Waals surface area contributed by atoms with Crippen molar-refractivity contribution in [2.75, 3.05) is 0 Å². The first-order valence-electron chi connectivity index (χ1n) is 3.43. The molecule has 0 saturated heterocycles. The van der Waals surface area contributed by atoms with Crippen LogP contribution in [0.2, 0.25) is 0 Å². The first-order valence-corrected chi connectivity index (χ1v) is 4.78. The number of nitrogens with one attached hydrogen (secondary N) is 1. The highest BCUT2D eigenvalue weighted by Crippen LogP contribution is 2.18. The maximum atomic E-state index is 5.00. The molecule has 12 heavy (non-hydrogen) atoms. The molecule has 0 aliphatic rings. The summed E-state index contributed by atoms with van der Waals surface area (Å²) in [6, 6.07) is 2.02. The molecule has 0 spiro atoms. The molecule has 2 rings (SSSR count). The van der Waals surface area contributed by atoms with Gasteiger partial charge in [-0.1, -0.05) is 0 Å². The maximum Gasteiger partial charge on any atom is 0.195 e. The number of thiophene rings is 1. The highest BCUT2D eigenvalue weighted by molar-refractivity contribution is 7.71. The number of hydrogen-bond acceptors (Lipinski definition) is 3. The van der Waals surface area contributed by atoms with Crippen LogP contribution in [0.1, 0.15) is 0 Å². The van der Waals surface area contributed by atoms with Crippen LogP contribution in [-0.4, -0.2) is 14.8 Å². The number of aromatic nitrogens is 3. The Morgan fingerprint density at radius 2 is 2.50 bits per heavy atom. The Bertz CT molecular complexity index is 424. The molecule has 2 aromatic rings. The molecule has 0 aliphatic heterocycles. The summed E-state index contributed by atoms with van der Waals surface area (Å²) in [4.78, 5) is 0. The van der Waals surface area contributed by atoms with Crippen molar-refractivity contribution < 1.29 is 0 Å². The van der Waals surface area contributed by atoms with Crippen LogP contribution in [0.15, 0.2) is 16.8 Å². The van der Waals surface area contributed by atoms with Crippen molar-refractivity contribution in [1.29, 1.82) is 0 Å². The van der Waals surface area contributed by atoms with Gasteiger partial charge >= 0.3 is 0 Å². The van der Waals surface area contributed by atoms with Gasteiger partial charge in [0.25, 0.3) is 0 Å². The van der Waals surface area contributed by atoms with E-state index in [0.717, 1.165) is 11.4 Å². The summed E-state index contributed by atoms with van der Waals surface area (Å²) < 4.78 is 2.51. The molecule has 0 atom stereocenters. The minimum Gasteiger partial charge on any atom is -0.303 e. The Balaban J connectivity index is 2.62. The van der Waals surface area contributed by atoms with Gasteiger partial charge in [-0.2, -0.15) is 16.4 Å². The van der Waals surface area contributed by atoms with Crippen molar-refractivity contribution in [1.82, 2.24) is 14.8 Å². The minimum absolute atomic E-state index is 0.649. The van der Waals surface area contributed by atoms with Crippen molar-refractivity contribution in [2.45, 2.75) is 0 Å². The van der Waals surface area contributed by atoms with E-state index < -0.39 is 0 Å². The Morgan fingerprint density at radius 3 is 3.00 bits per heavy atom. The summed E-state index contributed by atoms with van der Waals surface area (Å²) in [6.07, 6.45) is 0. The molecule has 0 aromatic carbocycles. The van der Waals surface area contributed by atoms with E-state index in [-0.39, 0.29) is 0 Å². The van der Waals surface area contributed by atoms with Gasteiger partial charge in [0.1, 0.15) is 0 Å². The third-order valence-electron chi connectivity index (χ3n) is 1.66. The van der Waals surface area contributed by atoms with Crippen LogP contribution in [0, 0.1) is 4.77 Å². The van der Waals surface area contributed by atoms with Crippen LogP contribution in [0.5, 0.6) is 0 Å². The summed E-state index contributed by atoms with van der Waals surface area (Å²) in [5, 5.41) is 10.9. The second kappa shape index (κ2) is 2.84. The second-order valence-corrected chi connectivity index (χ2v) is 3.59. The molecule has 2 aromatic heterocycles. The van der Waals surface area contributed by atoms with E-state index in [1.54, 1.807) is 11.3 Å². The smallest absolute Gasteiger partial charge is 0.195 e. The van der Waals surface area contributed by atoms with Crippen LogP contribution in [-0.2, 0) is 7.05 Å². The van der Waals surface area contributed by atoms with Gasteiger partial charge in [-0.15, -0.1) is 0 Å². The standard InChI is InChI=1S/C7H7N3S2/c1-10-6(8-9-7(10)11)5-2-3-12-4-5/h2-4H,1H3,(H,9,11). The molecule has 0 bridgehead atoms. The fourth-order valence-electron chi connectivity index (χ4n) is 0.997. The van der Waals surface area contributed by atoms with Crippen LogP contribution in [0.4, 0.5) is 0 Å². The first-order chi connectivity index (χ1) is 5.79. The predicted molar refractivity (Wildman–Crippen MR) is 51.7 cm³/mol. The number of H-pyrrole nitrogens is 1. The van der Waals surface area contributed by atoms with Gasteiger partial charge in [0.2, 0.25) is 0 Å². The van der Waals surface area contributed by atoms with Crippen LogP contribution in [0.3, 0.4) is 0 Å². The highest BCUT2D eigenvalue weighted by Gasteiger charge is 2.04.